The maximum Gasteiger partial charge on any atom is 0.315 e. The topological polar surface area (TPSA) is 72.2 Å². The lowest BCUT2D eigenvalue weighted by molar-refractivity contribution is 0.409. The van der Waals surface area contributed by atoms with Gasteiger partial charge in [-0.2, -0.15) is 0 Å². The van der Waals surface area contributed by atoms with Crippen molar-refractivity contribution in [3.05, 3.63) is 35.7 Å². The number of hydrogen-bond donors (Lipinski definition) is 2. The van der Waals surface area contributed by atoms with Crippen molar-refractivity contribution in [2.45, 2.75) is 32.9 Å². The number of para-hydroxylation sites is 1. The second-order valence-electron chi connectivity index (χ2n) is 4.79. The van der Waals surface area contributed by atoms with E-state index in [4.69, 9.17) is 9.15 Å². The summed E-state index contributed by atoms with van der Waals surface area (Å²) in [5.74, 6) is 1.42. The van der Waals surface area contributed by atoms with Crippen LogP contribution in [0.25, 0.3) is 0 Å². The molecule has 1 heterocycles. The van der Waals surface area contributed by atoms with E-state index in [2.05, 4.69) is 27.8 Å². The third-order valence-corrected chi connectivity index (χ3v) is 3.13. The number of anilines is 1. The van der Waals surface area contributed by atoms with E-state index >= 15 is 0 Å². The predicted octanol–water partition coefficient (Wildman–Crippen LogP) is 2.75. The molecule has 2 N–H and O–H groups in total. The van der Waals surface area contributed by atoms with Crippen LogP contribution in [0.5, 0.6) is 5.75 Å². The summed E-state index contributed by atoms with van der Waals surface area (Å²) in [6.45, 7) is 5.62. The summed E-state index contributed by atoms with van der Waals surface area (Å²) in [4.78, 5) is 0. The lowest BCUT2D eigenvalue weighted by Crippen LogP contribution is -2.19. The summed E-state index contributed by atoms with van der Waals surface area (Å²) in [6, 6.07) is 8.30. The molecule has 0 saturated carbocycles. The van der Waals surface area contributed by atoms with Crippen LogP contribution in [-0.4, -0.2) is 23.9 Å². The number of nitrogens with one attached hydrogen (secondary N) is 2. The Kier molecular flexibility index (Phi) is 5.57. The summed E-state index contributed by atoms with van der Waals surface area (Å²) in [5, 5.41) is 14.5. The predicted molar refractivity (Wildman–Crippen MR) is 81.3 cm³/mol. The first-order valence-corrected chi connectivity index (χ1v) is 7.17. The maximum absolute atomic E-state index is 5.60. The van der Waals surface area contributed by atoms with Crippen LogP contribution in [0.4, 0.5) is 6.01 Å². The molecule has 0 aliphatic carbocycles. The number of methoxy groups -OCH3 is 1. The van der Waals surface area contributed by atoms with Gasteiger partial charge in [0, 0.05) is 12.1 Å². The third-order valence-electron chi connectivity index (χ3n) is 3.13. The highest BCUT2D eigenvalue weighted by atomic mass is 16.5. The van der Waals surface area contributed by atoms with Crippen LogP contribution in [-0.2, 0) is 6.54 Å². The van der Waals surface area contributed by atoms with Crippen molar-refractivity contribution in [3.63, 3.8) is 0 Å². The Labute approximate surface area is 124 Å². The number of hydrogen-bond acceptors (Lipinski definition) is 6. The van der Waals surface area contributed by atoms with E-state index in [1.54, 1.807) is 7.11 Å². The zero-order valence-electron chi connectivity index (χ0n) is 12.7. The minimum atomic E-state index is 0.0549. The van der Waals surface area contributed by atoms with Gasteiger partial charge in [-0.25, -0.2) is 0 Å². The van der Waals surface area contributed by atoms with Crippen molar-refractivity contribution in [1.82, 2.24) is 15.5 Å². The average molecular weight is 290 g/mol. The SMILES string of the molecule is CCCNC(C)c1nnc(NCc2ccccc2OC)o1. The number of benzene rings is 1. The van der Waals surface area contributed by atoms with Crippen molar-refractivity contribution < 1.29 is 9.15 Å². The Morgan fingerprint density at radius 1 is 1.29 bits per heavy atom. The van der Waals surface area contributed by atoms with Gasteiger partial charge in [0.05, 0.1) is 13.2 Å². The molecule has 0 fully saturated rings. The zero-order valence-corrected chi connectivity index (χ0v) is 12.7. The summed E-state index contributed by atoms with van der Waals surface area (Å²) in [7, 11) is 1.66. The van der Waals surface area contributed by atoms with E-state index in [1.165, 1.54) is 0 Å². The molecule has 0 spiro atoms. The summed E-state index contributed by atoms with van der Waals surface area (Å²) < 4.78 is 10.9. The highest BCUT2D eigenvalue weighted by Crippen LogP contribution is 2.19. The van der Waals surface area contributed by atoms with Crippen LogP contribution in [0.3, 0.4) is 0 Å². The van der Waals surface area contributed by atoms with Gasteiger partial charge in [0.2, 0.25) is 5.89 Å². The maximum atomic E-state index is 5.60. The van der Waals surface area contributed by atoms with Crippen LogP contribution in [0, 0.1) is 0 Å². The molecule has 6 nitrogen and oxygen atoms in total. The van der Waals surface area contributed by atoms with Crippen molar-refractivity contribution >= 4 is 6.01 Å². The molecule has 1 atom stereocenters. The van der Waals surface area contributed by atoms with Gasteiger partial charge in [-0.05, 0) is 26.0 Å². The standard InChI is InChI=1S/C15H22N4O2/c1-4-9-16-11(2)14-18-19-15(21-14)17-10-12-7-5-6-8-13(12)20-3/h5-8,11,16H,4,9-10H2,1-3H3,(H,17,19). The molecule has 21 heavy (non-hydrogen) atoms. The second-order valence-corrected chi connectivity index (χ2v) is 4.79. The molecule has 1 unspecified atom stereocenters. The van der Waals surface area contributed by atoms with E-state index < -0.39 is 0 Å². The first kappa shape index (κ1) is 15.3. The minimum absolute atomic E-state index is 0.0549. The molecule has 1 aromatic heterocycles. The van der Waals surface area contributed by atoms with Crippen LogP contribution in [0.15, 0.2) is 28.7 Å². The fraction of sp³-hybridized carbons (Fsp3) is 0.467. The normalized spacial score (nSPS) is 12.1. The summed E-state index contributed by atoms with van der Waals surface area (Å²) >= 11 is 0. The quantitative estimate of drug-likeness (QED) is 0.779. The Bertz CT molecular complexity index is 556. The highest BCUT2D eigenvalue weighted by Gasteiger charge is 2.13. The van der Waals surface area contributed by atoms with Crippen LogP contribution >= 0.6 is 0 Å². The van der Waals surface area contributed by atoms with Gasteiger partial charge in [-0.3, -0.25) is 0 Å². The number of ether oxygens (including phenoxy) is 1. The monoisotopic (exact) mass is 290 g/mol. The van der Waals surface area contributed by atoms with Crippen molar-refractivity contribution in [2.24, 2.45) is 0 Å². The fourth-order valence-electron chi connectivity index (χ4n) is 1.95. The van der Waals surface area contributed by atoms with Crippen molar-refractivity contribution in [1.29, 1.82) is 0 Å². The smallest absolute Gasteiger partial charge is 0.315 e. The first-order chi connectivity index (χ1) is 10.2. The van der Waals surface area contributed by atoms with E-state index in [-0.39, 0.29) is 6.04 Å². The Morgan fingerprint density at radius 3 is 2.86 bits per heavy atom. The molecule has 0 aliphatic rings. The lowest BCUT2D eigenvalue weighted by atomic mass is 10.2. The molecule has 0 radical (unpaired) electrons. The fourth-order valence-corrected chi connectivity index (χ4v) is 1.95. The van der Waals surface area contributed by atoms with Gasteiger partial charge in [-0.1, -0.05) is 30.2 Å². The molecule has 0 amide bonds. The molecule has 2 aromatic rings. The van der Waals surface area contributed by atoms with E-state index in [9.17, 15) is 0 Å². The zero-order chi connectivity index (χ0) is 15.1. The van der Waals surface area contributed by atoms with Gasteiger partial charge in [-0.15, -0.1) is 5.10 Å². The molecule has 2 rings (SSSR count). The number of aromatic nitrogens is 2. The van der Waals surface area contributed by atoms with Gasteiger partial charge in [0.1, 0.15) is 5.75 Å². The molecule has 0 saturated heterocycles. The average Bonchev–Trinajstić information content (AvgIpc) is 3.00. The number of nitrogens with zero attached hydrogens (tertiary/aromatic N) is 2. The van der Waals surface area contributed by atoms with Crippen LogP contribution < -0.4 is 15.4 Å². The van der Waals surface area contributed by atoms with Gasteiger partial charge < -0.3 is 19.8 Å². The van der Waals surface area contributed by atoms with Crippen molar-refractivity contribution in [2.75, 3.05) is 19.0 Å². The molecule has 6 heteroatoms. The summed E-state index contributed by atoms with van der Waals surface area (Å²) in [6.07, 6.45) is 1.07. The van der Waals surface area contributed by atoms with E-state index in [0.29, 0.717) is 18.5 Å². The second kappa shape index (κ2) is 7.64. The molecular formula is C15H22N4O2. The summed E-state index contributed by atoms with van der Waals surface area (Å²) in [5.41, 5.74) is 1.04. The van der Waals surface area contributed by atoms with E-state index in [0.717, 1.165) is 24.3 Å². The van der Waals surface area contributed by atoms with E-state index in [1.807, 2.05) is 31.2 Å². The Balaban J connectivity index is 1.93. The molecule has 1 aromatic carbocycles. The number of rotatable bonds is 8. The van der Waals surface area contributed by atoms with Crippen molar-refractivity contribution in [3.8, 4) is 5.75 Å². The Morgan fingerprint density at radius 2 is 2.10 bits per heavy atom. The molecule has 0 bridgehead atoms. The Hall–Kier alpha value is -2.08. The first-order valence-electron chi connectivity index (χ1n) is 7.17. The molecular weight excluding hydrogens is 268 g/mol. The highest BCUT2D eigenvalue weighted by molar-refractivity contribution is 5.35. The minimum Gasteiger partial charge on any atom is -0.496 e. The van der Waals surface area contributed by atoms with Crippen LogP contribution in [0.1, 0.15) is 37.8 Å². The van der Waals surface area contributed by atoms with Gasteiger partial charge in [0.15, 0.2) is 0 Å². The van der Waals surface area contributed by atoms with Gasteiger partial charge in [0.25, 0.3) is 0 Å². The third kappa shape index (κ3) is 4.19. The molecule has 0 aliphatic heterocycles. The van der Waals surface area contributed by atoms with Crippen LogP contribution in [0.2, 0.25) is 0 Å². The molecule has 114 valence electrons. The lowest BCUT2D eigenvalue weighted by Gasteiger charge is -2.08. The van der Waals surface area contributed by atoms with Gasteiger partial charge >= 0.3 is 6.01 Å². The largest absolute Gasteiger partial charge is 0.496 e.